The van der Waals surface area contributed by atoms with Crippen molar-refractivity contribution < 1.29 is 19.4 Å². The van der Waals surface area contributed by atoms with Crippen LogP contribution in [0.15, 0.2) is 24.4 Å². The summed E-state index contributed by atoms with van der Waals surface area (Å²) in [6.07, 6.45) is 5.30. The van der Waals surface area contributed by atoms with Crippen molar-refractivity contribution in [3.05, 3.63) is 41.2 Å². The number of aromatic nitrogens is 2. The Kier molecular flexibility index (Phi) is 8.00. The van der Waals surface area contributed by atoms with E-state index in [0.29, 0.717) is 42.7 Å². The molecule has 2 aliphatic carbocycles. The molecule has 3 atom stereocenters. The van der Waals surface area contributed by atoms with Crippen LogP contribution < -0.4 is 20.9 Å². The third-order valence-electron chi connectivity index (χ3n) is 8.34. The number of pyridine rings is 2. The first kappa shape index (κ1) is 27.9. The van der Waals surface area contributed by atoms with E-state index in [4.69, 9.17) is 4.74 Å². The summed E-state index contributed by atoms with van der Waals surface area (Å²) in [5, 5.41) is 30.2. The van der Waals surface area contributed by atoms with Crippen molar-refractivity contribution in [1.82, 2.24) is 20.2 Å². The van der Waals surface area contributed by atoms with E-state index in [9.17, 15) is 20.0 Å². The highest BCUT2D eigenvalue weighted by Gasteiger charge is 2.59. The van der Waals surface area contributed by atoms with Gasteiger partial charge in [-0.05, 0) is 52.3 Å². The van der Waals surface area contributed by atoms with Gasteiger partial charge in [0.15, 0.2) is 6.29 Å². The summed E-state index contributed by atoms with van der Waals surface area (Å²) in [4.78, 5) is 37.6. The maximum absolute atomic E-state index is 13.7. The van der Waals surface area contributed by atoms with Crippen LogP contribution >= 0.6 is 0 Å². The molecular formula is C28H36N8O4. The fraction of sp³-hybridized carbons (Fsp3) is 0.536. The van der Waals surface area contributed by atoms with Crippen molar-refractivity contribution in [3.63, 3.8) is 0 Å². The van der Waals surface area contributed by atoms with Gasteiger partial charge in [-0.1, -0.05) is 6.07 Å². The third-order valence-corrected chi connectivity index (χ3v) is 8.34. The second-order valence-corrected chi connectivity index (χ2v) is 11.1. The molecule has 2 aliphatic heterocycles. The van der Waals surface area contributed by atoms with E-state index in [1.807, 2.05) is 19.0 Å². The molecule has 4 aliphatic rings. The van der Waals surface area contributed by atoms with Crippen molar-refractivity contribution in [2.24, 2.45) is 0 Å². The number of hydrogen-bond acceptors (Lipinski definition) is 10. The lowest BCUT2D eigenvalue weighted by Gasteiger charge is -2.58. The Morgan fingerprint density at radius 1 is 1.38 bits per heavy atom. The predicted octanol–water partition coefficient (Wildman–Crippen LogP) is 2.06. The number of anilines is 3. The molecule has 12 nitrogen and oxygen atoms in total. The van der Waals surface area contributed by atoms with Gasteiger partial charge in [-0.3, -0.25) is 20.3 Å². The molecule has 12 heteroatoms. The summed E-state index contributed by atoms with van der Waals surface area (Å²) in [7, 11) is 5.62. The Morgan fingerprint density at radius 2 is 2.17 bits per heavy atom. The normalized spacial score (nSPS) is 25.5. The van der Waals surface area contributed by atoms with Gasteiger partial charge in [0.1, 0.15) is 29.6 Å². The molecule has 0 radical (unpaired) electrons. The minimum absolute atomic E-state index is 0.0484. The van der Waals surface area contributed by atoms with Crippen LogP contribution in [0.2, 0.25) is 0 Å². The highest BCUT2D eigenvalue weighted by atomic mass is 16.5. The highest BCUT2D eigenvalue weighted by molar-refractivity contribution is 6.03. The van der Waals surface area contributed by atoms with E-state index in [1.165, 1.54) is 6.20 Å². The van der Waals surface area contributed by atoms with Crippen molar-refractivity contribution in [2.45, 2.75) is 61.9 Å². The number of rotatable bonds is 10. The van der Waals surface area contributed by atoms with Crippen molar-refractivity contribution >= 4 is 29.6 Å². The number of methoxy groups -OCH3 is 1. The number of carbonyl (C=O) groups is 2. The standard InChI is InChI=1S/C28H36N8O4/c1-35(2)10-9-30-26(38)28-12-19(13-28)36(25-20(28)8-7-18(16-37)32-25)27(39)34-24-11-22(17(14-29)15-31-24)33-21-5-4-6-23(21)40-3/h7-8,11,15-16,19,21,23,26,30,38H,4-6,9-10,12-13H2,1-3H3,(H2,31,33,34,39). The second-order valence-electron chi connectivity index (χ2n) is 11.1. The maximum atomic E-state index is 13.7. The van der Waals surface area contributed by atoms with Crippen LogP contribution in [0.1, 0.15) is 53.7 Å². The number of likely N-dealkylation sites (N-methyl/N-ethyl adjacent to an activating group) is 1. The van der Waals surface area contributed by atoms with Crippen LogP contribution in [-0.2, 0) is 10.2 Å². The average Bonchev–Trinajstić information content (AvgIpc) is 3.38. The van der Waals surface area contributed by atoms with Crippen LogP contribution in [0.4, 0.5) is 22.1 Å². The van der Waals surface area contributed by atoms with Gasteiger partial charge in [0, 0.05) is 49.5 Å². The van der Waals surface area contributed by atoms with Gasteiger partial charge in [-0.15, -0.1) is 0 Å². The van der Waals surface area contributed by atoms with Gasteiger partial charge in [-0.2, -0.15) is 5.26 Å². The lowest BCUT2D eigenvalue weighted by Crippen LogP contribution is -2.67. The molecular weight excluding hydrogens is 512 g/mol. The van der Waals surface area contributed by atoms with Gasteiger partial charge in [0.2, 0.25) is 0 Å². The largest absolute Gasteiger partial charge is 0.379 e. The van der Waals surface area contributed by atoms with Crippen molar-refractivity contribution in [3.8, 4) is 6.07 Å². The van der Waals surface area contributed by atoms with Crippen molar-refractivity contribution in [2.75, 3.05) is 49.8 Å². The average molecular weight is 549 g/mol. The first-order valence-corrected chi connectivity index (χ1v) is 13.6. The van der Waals surface area contributed by atoms with E-state index in [0.717, 1.165) is 31.4 Å². The summed E-state index contributed by atoms with van der Waals surface area (Å²) in [6.45, 7) is 1.37. The Labute approximate surface area is 233 Å². The third kappa shape index (κ3) is 5.13. The zero-order valence-electron chi connectivity index (χ0n) is 23.1. The molecule has 6 rings (SSSR count). The van der Waals surface area contributed by atoms with Crippen LogP contribution in [0.3, 0.4) is 0 Å². The number of ether oxygens (including phenoxy) is 1. The lowest BCUT2D eigenvalue weighted by atomic mass is 9.57. The molecule has 4 heterocycles. The molecule has 212 valence electrons. The van der Waals surface area contributed by atoms with Crippen LogP contribution in [0, 0.1) is 11.3 Å². The number of hydrogen-bond donors (Lipinski definition) is 4. The van der Waals surface area contributed by atoms with Gasteiger partial charge >= 0.3 is 6.03 Å². The Morgan fingerprint density at radius 3 is 2.88 bits per heavy atom. The molecule has 2 fully saturated rings. The molecule has 3 unspecified atom stereocenters. The molecule has 4 N–H and O–H groups in total. The first-order chi connectivity index (χ1) is 19.3. The molecule has 2 bridgehead atoms. The van der Waals surface area contributed by atoms with Crippen LogP contribution in [0.25, 0.3) is 0 Å². The number of nitrogens with zero attached hydrogens (tertiary/aromatic N) is 5. The summed E-state index contributed by atoms with van der Waals surface area (Å²) in [6, 6.07) is 6.63. The molecule has 2 aromatic rings. The number of nitriles is 1. The second kappa shape index (κ2) is 11.5. The molecule has 2 saturated carbocycles. The minimum Gasteiger partial charge on any atom is -0.379 e. The van der Waals surface area contributed by atoms with Gasteiger partial charge < -0.3 is 20.1 Å². The molecule has 0 spiro atoms. The Bertz CT molecular complexity index is 1310. The van der Waals surface area contributed by atoms with Crippen LogP contribution in [0.5, 0.6) is 0 Å². The van der Waals surface area contributed by atoms with Gasteiger partial charge in [-0.25, -0.2) is 14.8 Å². The summed E-state index contributed by atoms with van der Waals surface area (Å²) in [5.74, 6) is 0.645. The molecule has 0 aromatic carbocycles. The first-order valence-electron chi connectivity index (χ1n) is 13.6. The lowest BCUT2D eigenvalue weighted by molar-refractivity contribution is -0.0133. The van der Waals surface area contributed by atoms with E-state index in [-0.39, 0.29) is 29.7 Å². The van der Waals surface area contributed by atoms with E-state index < -0.39 is 17.7 Å². The zero-order valence-corrected chi connectivity index (χ0v) is 23.1. The Balaban J connectivity index is 1.38. The number of aliphatic hydroxyl groups excluding tert-OH is 1. The zero-order chi connectivity index (χ0) is 28.4. The molecule has 2 aromatic heterocycles. The van der Waals surface area contributed by atoms with E-state index >= 15 is 0 Å². The summed E-state index contributed by atoms with van der Waals surface area (Å²) >= 11 is 0. The topological polar surface area (TPSA) is 156 Å². The summed E-state index contributed by atoms with van der Waals surface area (Å²) < 4.78 is 5.58. The number of aliphatic hydroxyl groups is 1. The number of amides is 2. The fourth-order valence-electron chi connectivity index (χ4n) is 6.19. The molecule has 40 heavy (non-hydrogen) atoms. The minimum atomic E-state index is -0.822. The SMILES string of the molecule is COC1CCCC1Nc1cc(NC(=O)N2c3nc(C=O)ccc3C3(C(O)NCCN(C)C)CC2C3)ncc1C#N. The quantitative estimate of drug-likeness (QED) is 0.256. The molecule has 0 saturated heterocycles. The van der Waals surface area contributed by atoms with Gasteiger partial charge in [0.05, 0.1) is 23.4 Å². The van der Waals surface area contributed by atoms with Crippen molar-refractivity contribution in [1.29, 1.82) is 5.26 Å². The molecule has 2 amide bonds. The predicted molar refractivity (Wildman–Crippen MR) is 149 cm³/mol. The fourth-order valence-corrected chi connectivity index (χ4v) is 6.19. The number of aldehydes is 1. The maximum Gasteiger partial charge on any atom is 0.328 e. The Hall–Kier alpha value is -3.63. The number of urea groups is 1. The number of nitrogens with one attached hydrogen (secondary N) is 3. The monoisotopic (exact) mass is 548 g/mol. The number of carbonyl (C=O) groups excluding carboxylic acids is 2. The highest BCUT2D eigenvalue weighted by Crippen LogP contribution is 2.56. The van der Waals surface area contributed by atoms with Gasteiger partial charge in [0.25, 0.3) is 0 Å². The van der Waals surface area contributed by atoms with Crippen LogP contribution in [-0.4, -0.2) is 91.0 Å². The van der Waals surface area contributed by atoms with E-state index in [2.05, 4.69) is 32.0 Å². The smallest absolute Gasteiger partial charge is 0.328 e. The summed E-state index contributed by atoms with van der Waals surface area (Å²) in [5.41, 5.74) is 1.29. The van der Waals surface area contributed by atoms with E-state index in [1.54, 1.807) is 30.2 Å².